The van der Waals surface area contributed by atoms with E-state index in [9.17, 15) is 4.79 Å². The molecule has 0 aliphatic heterocycles. The third-order valence-corrected chi connectivity index (χ3v) is 3.18. The lowest BCUT2D eigenvalue weighted by Gasteiger charge is -2.33. The lowest BCUT2D eigenvalue weighted by Crippen LogP contribution is -2.48. The van der Waals surface area contributed by atoms with E-state index in [1.54, 1.807) is 44.0 Å². The standard InChI is InChI=1S/C12H16ClNO3/c1-12(2,11(15)16)14(3)8-5-6-10(17-4)9(13)7-8/h5-7H,1-4H3,(H,15,16). The summed E-state index contributed by atoms with van der Waals surface area (Å²) in [5.41, 5.74) is -0.277. The summed E-state index contributed by atoms with van der Waals surface area (Å²) in [5, 5.41) is 9.60. The van der Waals surface area contributed by atoms with Gasteiger partial charge in [-0.05, 0) is 32.0 Å². The van der Waals surface area contributed by atoms with E-state index in [0.29, 0.717) is 10.8 Å². The minimum atomic E-state index is -1.00. The molecule has 1 rings (SSSR count). The first-order valence-corrected chi connectivity index (χ1v) is 5.49. The second-order valence-corrected chi connectivity index (χ2v) is 4.65. The maximum atomic E-state index is 11.1. The van der Waals surface area contributed by atoms with Gasteiger partial charge in [0.1, 0.15) is 11.3 Å². The molecule has 0 saturated carbocycles. The second kappa shape index (κ2) is 4.84. The van der Waals surface area contributed by atoms with Crippen LogP contribution in [0.2, 0.25) is 5.02 Å². The summed E-state index contributed by atoms with van der Waals surface area (Å²) in [4.78, 5) is 12.8. The first kappa shape index (κ1) is 13.6. The molecule has 4 nitrogen and oxygen atoms in total. The highest BCUT2D eigenvalue weighted by Crippen LogP contribution is 2.31. The highest BCUT2D eigenvalue weighted by Gasteiger charge is 2.32. The van der Waals surface area contributed by atoms with Gasteiger partial charge in [-0.3, -0.25) is 0 Å². The molecule has 1 aromatic carbocycles. The Morgan fingerprint density at radius 3 is 2.47 bits per heavy atom. The zero-order valence-electron chi connectivity index (χ0n) is 10.3. The summed E-state index contributed by atoms with van der Waals surface area (Å²) in [6.45, 7) is 3.26. The normalized spacial score (nSPS) is 11.1. The van der Waals surface area contributed by atoms with Crippen LogP contribution in [-0.2, 0) is 4.79 Å². The van der Waals surface area contributed by atoms with E-state index < -0.39 is 11.5 Å². The van der Waals surface area contributed by atoms with E-state index in [1.165, 1.54) is 7.11 Å². The van der Waals surface area contributed by atoms with Crippen molar-refractivity contribution in [1.82, 2.24) is 0 Å². The molecule has 1 aromatic rings. The molecular formula is C12H16ClNO3. The van der Waals surface area contributed by atoms with Crippen LogP contribution in [0.4, 0.5) is 5.69 Å². The van der Waals surface area contributed by atoms with Gasteiger partial charge in [0.15, 0.2) is 0 Å². The van der Waals surface area contributed by atoms with Crippen molar-refractivity contribution in [3.63, 3.8) is 0 Å². The van der Waals surface area contributed by atoms with Crippen LogP contribution < -0.4 is 9.64 Å². The van der Waals surface area contributed by atoms with Gasteiger partial charge in [-0.15, -0.1) is 0 Å². The van der Waals surface area contributed by atoms with E-state index in [0.717, 1.165) is 5.69 Å². The number of likely N-dealkylation sites (N-methyl/N-ethyl adjacent to an activating group) is 1. The van der Waals surface area contributed by atoms with Gasteiger partial charge < -0.3 is 14.7 Å². The summed E-state index contributed by atoms with van der Waals surface area (Å²) in [5.74, 6) is -0.330. The fourth-order valence-corrected chi connectivity index (χ4v) is 1.58. The van der Waals surface area contributed by atoms with Crippen molar-refractivity contribution in [1.29, 1.82) is 0 Å². The Morgan fingerprint density at radius 2 is 2.06 bits per heavy atom. The molecular weight excluding hydrogens is 242 g/mol. The Hall–Kier alpha value is -1.42. The predicted molar refractivity (Wildman–Crippen MR) is 68.1 cm³/mol. The summed E-state index contributed by atoms with van der Waals surface area (Å²) in [6, 6.07) is 5.17. The quantitative estimate of drug-likeness (QED) is 0.901. The molecule has 0 fully saturated rings. The Balaban J connectivity index is 3.09. The van der Waals surface area contributed by atoms with Crippen molar-refractivity contribution in [2.75, 3.05) is 19.1 Å². The number of hydrogen-bond acceptors (Lipinski definition) is 3. The Bertz CT molecular complexity index is 432. The van der Waals surface area contributed by atoms with Crippen LogP contribution in [0.25, 0.3) is 0 Å². The summed E-state index contributed by atoms with van der Waals surface area (Å²) in [6.07, 6.45) is 0. The van der Waals surface area contributed by atoms with Gasteiger partial charge in [-0.2, -0.15) is 0 Å². The fourth-order valence-electron chi connectivity index (χ4n) is 1.33. The highest BCUT2D eigenvalue weighted by atomic mass is 35.5. The Kier molecular flexibility index (Phi) is 3.88. The third-order valence-electron chi connectivity index (χ3n) is 2.88. The Morgan fingerprint density at radius 1 is 1.47 bits per heavy atom. The summed E-state index contributed by atoms with van der Waals surface area (Å²) >= 11 is 6.00. The van der Waals surface area contributed by atoms with Crippen molar-refractivity contribution in [2.24, 2.45) is 0 Å². The number of benzene rings is 1. The third kappa shape index (κ3) is 2.64. The van der Waals surface area contributed by atoms with E-state index >= 15 is 0 Å². The molecule has 0 radical (unpaired) electrons. The molecule has 17 heavy (non-hydrogen) atoms. The number of carboxylic acids is 1. The van der Waals surface area contributed by atoms with Gasteiger partial charge in [0.25, 0.3) is 0 Å². The lowest BCUT2D eigenvalue weighted by molar-refractivity contribution is -0.142. The van der Waals surface area contributed by atoms with Crippen LogP contribution in [0.15, 0.2) is 18.2 Å². The lowest BCUT2D eigenvalue weighted by atomic mass is 10.0. The van der Waals surface area contributed by atoms with Crippen LogP contribution >= 0.6 is 11.6 Å². The number of aliphatic carboxylic acids is 1. The molecule has 94 valence electrons. The summed E-state index contributed by atoms with van der Waals surface area (Å²) < 4.78 is 5.05. The number of halogens is 1. The first-order chi connectivity index (χ1) is 7.80. The number of hydrogen-bond donors (Lipinski definition) is 1. The molecule has 0 heterocycles. The van der Waals surface area contributed by atoms with Gasteiger partial charge in [-0.1, -0.05) is 11.6 Å². The number of methoxy groups -OCH3 is 1. The minimum absolute atomic E-state index is 0.457. The number of rotatable bonds is 4. The monoisotopic (exact) mass is 257 g/mol. The maximum absolute atomic E-state index is 11.1. The van der Waals surface area contributed by atoms with Gasteiger partial charge in [0, 0.05) is 12.7 Å². The number of carbonyl (C=O) groups is 1. The number of nitrogens with zero attached hydrogens (tertiary/aromatic N) is 1. The summed E-state index contributed by atoms with van der Waals surface area (Å²) in [7, 11) is 3.25. The zero-order valence-corrected chi connectivity index (χ0v) is 11.1. The molecule has 0 spiro atoms. The van der Waals surface area contributed by atoms with Crippen LogP contribution in [0.1, 0.15) is 13.8 Å². The van der Waals surface area contributed by atoms with Crippen LogP contribution in [0.5, 0.6) is 5.75 Å². The van der Waals surface area contributed by atoms with Crippen molar-refractivity contribution in [3.8, 4) is 5.75 Å². The van der Waals surface area contributed by atoms with E-state index in [1.807, 2.05) is 0 Å². The predicted octanol–water partition coefficient (Wildman–Crippen LogP) is 2.65. The molecule has 0 atom stereocenters. The highest BCUT2D eigenvalue weighted by molar-refractivity contribution is 6.32. The number of anilines is 1. The van der Waals surface area contributed by atoms with Gasteiger partial charge >= 0.3 is 5.97 Å². The van der Waals surface area contributed by atoms with Crippen molar-refractivity contribution >= 4 is 23.3 Å². The largest absolute Gasteiger partial charge is 0.495 e. The fraction of sp³-hybridized carbons (Fsp3) is 0.417. The average molecular weight is 258 g/mol. The van der Waals surface area contributed by atoms with Crippen LogP contribution in [0, 0.1) is 0 Å². The van der Waals surface area contributed by atoms with Crippen LogP contribution in [-0.4, -0.2) is 30.8 Å². The van der Waals surface area contributed by atoms with E-state index in [4.69, 9.17) is 21.4 Å². The van der Waals surface area contributed by atoms with Gasteiger partial charge in [0.2, 0.25) is 0 Å². The van der Waals surface area contributed by atoms with Crippen molar-refractivity contribution in [2.45, 2.75) is 19.4 Å². The zero-order chi connectivity index (χ0) is 13.2. The maximum Gasteiger partial charge on any atom is 0.328 e. The molecule has 5 heteroatoms. The molecule has 0 aliphatic rings. The molecule has 1 N–H and O–H groups in total. The van der Waals surface area contributed by atoms with E-state index in [2.05, 4.69) is 0 Å². The topological polar surface area (TPSA) is 49.8 Å². The molecule has 0 aliphatic carbocycles. The molecule has 0 bridgehead atoms. The minimum Gasteiger partial charge on any atom is -0.495 e. The van der Waals surface area contributed by atoms with Crippen molar-refractivity contribution < 1.29 is 14.6 Å². The molecule has 0 amide bonds. The second-order valence-electron chi connectivity index (χ2n) is 4.24. The SMILES string of the molecule is COc1ccc(N(C)C(C)(C)C(=O)O)cc1Cl. The van der Waals surface area contributed by atoms with Gasteiger partial charge in [-0.25, -0.2) is 4.79 Å². The van der Waals surface area contributed by atoms with Crippen LogP contribution in [0.3, 0.4) is 0 Å². The van der Waals surface area contributed by atoms with Crippen molar-refractivity contribution in [3.05, 3.63) is 23.2 Å². The number of carboxylic acid groups (broad SMARTS) is 1. The first-order valence-electron chi connectivity index (χ1n) is 5.11. The van der Waals surface area contributed by atoms with E-state index in [-0.39, 0.29) is 0 Å². The smallest absolute Gasteiger partial charge is 0.328 e. The molecule has 0 saturated heterocycles. The number of ether oxygens (including phenoxy) is 1. The Labute approximate surface area is 106 Å². The molecule has 0 aromatic heterocycles. The average Bonchev–Trinajstić information content (AvgIpc) is 2.27. The molecule has 0 unspecified atom stereocenters. The van der Waals surface area contributed by atoms with Gasteiger partial charge in [0.05, 0.1) is 12.1 Å².